The molecule has 1 aromatic rings. The molecule has 1 N–H and O–H groups in total. The van der Waals surface area contributed by atoms with Crippen molar-refractivity contribution in [3.8, 4) is 0 Å². The first-order valence-corrected chi connectivity index (χ1v) is 5.61. The van der Waals surface area contributed by atoms with Gasteiger partial charge in [-0.15, -0.1) is 11.3 Å². The molecule has 0 fully saturated rings. The van der Waals surface area contributed by atoms with Gasteiger partial charge in [0.05, 0.1) is 16.1 Å². The number of nitrogens with one attached hydrogen (secondary N) is 1. The minimum atomic E-state index is -0.0691. The van der Waals surface area contributed by atoms with Crippen LogP contribution in [-0.4, -0.2) is 11.7 Å². The van der Waals surface area contributed by atoms with Gasteiger partial charge in [-0.3, -0.25) is 4.79 Å². The van der Waals surface area contributed by atoms with E-state index in [4.69, 9.17) is 11.6 Å². The summed E-state index contributed by atoms with van der Waals surface area (Å²) in [6.45, 7) is 1.92. The van der Waals surface area contributed by atoms with Crippen LogP contribution < -0.4 is 5.32 Å². The highest BCUT2D eigenvalue weighted by molar-refractivity contribution is 7.81. The molecule has 2 nitrogen and oxygen atoms in total. The highest BCUT2D eigenvalue weighted by Gasteiger charge is 2.09. The van der Waals surface area contributed by atoms with Crippen LogP contribution in [0.25, 0.3) is 0 Å². The minimum absolute atomic E-state index is 0.0112. The van der Waals surface area contributed by atoms with Crippen molar-refractivity contribution >= 4 is 41.5 Å². The predicted octanol–water partition coefficient (Wildman–Crippen LogP) is 2.51. The van der Waals surface area contributed by atoms with Crippen LogP contribution in [0.3, 0.4) is 0 Å². The average Bonchev–Trinajstić information content (AvgIpc) is 2.51. The molecule has 1 aromatic heterocycles. The zero-order valence-corrected chi connectivity index (χ0v) is 9.55. The first kappa shape index (κ1) is 10.9. The number of carbonyl (C=O) groups excluding carboxylic acids is 1. The van der Waals surface area contributed by atoms with Crippen LogP contribution >= 0.6 is 35.6 Å². The zero-order chi connectivity index (χ0) is 9.84. The number of rotatable bonds is 3. The molecule has 1 heterocycles. The Labute approximate surface area is 91.7 Å². The molecule has 1 unspecified atom stereocenters. The summed E-state index contributed by atoms with van der Waals surface area (Å²) in [7, 11) is 0. The number of thiophene rings is 1. The topological polar surface area (TPSA) is 29.1 Å². The van der Waals surface area contributed by atoms with Gasteiger partial charge in [0.25, 0.3) is 0 Å². The summed E-state index contributed by atoms with van der Waals surface area (Å²) in [5.74, 6) is 0.143. The molecule has 0 aromatic carbocycles. The molecule has 0 aliphatic carbocycles. The van der Waals surface area contributed by atoms with Crippen molar-refractivity contribution in [1.82, 2.24) is 5.32 Å². The van der Waals surface area contributed by atoms with Crippen molar-refractivity contribution in [2.45, 2.75) is 13.0 Å². The average molecular weight is 236 g/mol. The summed E-state index contributed by atoms with van der Waals surface area (Å²) in [6.07, 6.45) is 0. The minimum Gasteiger partial charge on any atom is -0.348 e. The fraction of sp³-hybridized carbons (Fsp3) is 0.375. The summed E-state index contributed by atoms with van der Waals surface area (Å²) in [5, 5.41) is 2.80. The molecule has 72 valence electrons. The molecule has 1 rings (SSSR count). The lowest BCUT2D eigenvalue weighted by molar-refractivity contribution is -0.119. The second kappa shape index (κ2) is 4.88. The van der Waals surface area contributed by atoms with Crippen molar-refractivity contribution in [3.05, 3.63) is 21.3 Å². The van der Waals surface area contributed by atoms with Gasteiger partial charge in [-0.05, 0) is 19.1 Å². The first-order chi connectivity index (χ1) is 6.13. The Bertz CT molecular complexity index is 300. The van der Waals surface area contributed by atoms with Crippen molar-refractivity contribution in [2.75, 3.05) is 5.75 Å². The van der Waals surface area contributed by atoms with Gasteiger partial charge in [0.2, 0.25) is 5.91 Å². The Kier molecular flexibility index (Phi) is 4.09. The van der Waals surface area contributed by atoms with Gasteiger partial charge in [-0.1, -0.05) is 11.6 Å². The summed E-state index contributed by atoms with van der Waals surface area (Å²) >= 11 is 11.1. The monoisotopic (exact) mass is 235 g/mol. The van der Waals surface area contributed by atoms with Gasteiger partial charge in [0, 0.05) is 4.88 Å². The lowest BCUT2D eigenvalue weighted by Crippen LogP contribution is -2.26. The quantitative estimate of drug-likeness (QED) is 0.775. The SMILES string of the molecule is CC(NC(=O)CS)c1ccc(Cl)s1. The molecule has 0 spiro atoms. The van der Waals surface area contributed by atoms with Crippen LogP contribution in [0.1, 0.15) is 17.8 Å². The van der Waals surface area contributed by atoms with Gasteiger partial charge in [0.15, 0.2) is 0 Å². The van der Waals surface area contributed by atoms with Gasteiger partial charge in [-0.25, -0.2) is 0 Å². The zero-order valence-electron chi connectivity index (χ0n) is 7.08. The summed E-state index contributed by atoms with van der Waals surface area (Å²) in [6, 6.07) is 3.75. The second-order valence-electron chi connectivity index (χ2n) is 2.59. The molecule has 0 aliphatic rings. The standard InChI is InChI=1S/C8H10ClNOS2/c1-5(10-8(11)4-12)6-2-3-7(9)13-6/h2-3,5,12H,4H2,1H3,(H,10,11). The molecule has 0 aliphatic heterocycles. The smallest absolute Gasteiger partial charge is 0.230 e. The van der Waals surface area contributed by atoms with Gasteiger partial charge < -0.3 is 5.32 Å². The molecule has 0 bridgehead atoms. The molecule has 1 atom stereocenters. The van der Waals surface area contributed by atoms with E-state index in [1.165, 1.54) is 11.3 Å². The maximum Gasteiger partial charge on any atom is 0.230 e. The van der Waals surface area contributed by atoms with E-state index < -0.39 is 0 Å². The van der Waals surface area contributed by atoms with E-state index in [0.29, 0.717) is 0 Å². The Morgan fingerprint density at radius 1 is 1.77 bits per heavy atom. The van der Waals surface area contributed by atoms with Crippen LogP contribution in [0, 0.1) is 0 Å². The highest BCUT2D eigenvalue weighted by atomic mass is 35.5. The summed E-state index contributed by atoms with van der Waals surface area (Å²) < 4.78 is 0.738. The van der Waals surface area contributed by atoms with Crippen LogP contribution in [0.2, 0.25) is 4.34 Å². The van der Waals surface area contributed by atoms with Crippen LogP contribution in [-0.2, 0) is 4.79 Å². The molecular weight excluding hydrogens is 226 g/mol. The Morgan fingerprint density at radius 3 is 2.92 bits per heavy atom. The Hall–Kier alpha value is -0.190. The van der Waals surface area contributed by atoms with Gasteiger partial charge >= 0.3 is 0 Å². The number of hydrogen-bond acceptors (Lipinski definition) is 3. The molecule has 0 saturated heterocycles. The third-order valence-corrected chi connectivity index (χ3v) is 3.24. The summed E-state index contributed by atoms with van der Waals surface area (Å²) in [5.41, 5.74) is 0. The van der Waals surface area contributed by atoms with E-state index in [0.717, 1.165) is 9.21 Å². The van der Waals surface area contributed by atoms with Crippen molar-refractivity contribution in [3.63, 3.8) is 0 Å². The lowest BCUT2D eigenvalue weighted by Gasteiger charge is -2.10. The normalized spacial score (nSPS) is 12.5. The fourth-order valence-corrected chi connectivity index (χ4v) is 2.07. The van der Waals surface area contributed by atoms with E-state index in [-0.39, 0.29) is 17.7 Å². The predicted molar refractivity (Wildman–Crippen MR) is 59.7 cm³/mol. The number of halogens is 1. The molecule has 1 amide bonds. The molecule has 13 heavy (non-hydrogen) atoms. The molecule has 0 radical (unpaired) electrons. The largest absolute Gasteiger partial charge is 0.348 e. The third-order valence-electron chi connectivity index (χ3n) is 1.54. The van der Waals surface area contributed by atoms with E-state index >= 15 is 0 Å². The number of amides is 1. The van der Waals surface area contributed by atoms with Crippen molar-refractivity contribution < 1.29 is 4.79 Å². The van der Waals surface area contributed by atoms with Crippen LogP contribution in [0.5, 0.6) is 0 Å². The third kappa shape index (κ3) is 3.21. The van der Waals surface area contributed by atoms with Crippen LogP contribution in [0.15, 0.2) is 12.1 Å². The Morgan fingerprint density at radius 2 is 2.46 bits per heavy atom. The maximum absolute atomic E-state index is 11.0. The molecule has 5 heteroatoms. The number of hydrogen-bond donors (Lipinski definition) is 2. The fourth-order valence-electron chi connectivity index (χ4n) is 0.919. The first-order valence-electron chi connectivity index (χ1n) is 3.79. The molecular formula is C8H10ClNOS2. The van der Waals surface area contributed by atoms with E-state index in [9.17, 15) is 4.79 Å². The molecule has 0 saturated carbocycles. The van der Waals surface area contributed by atoms with Crippen LogP contribution in [0.4, 0.5) is 0 Å². The van der Waals surface area contributed by atoms with Crippen molar-refractivity contribution in [2.24, 2.45) is 0 Å². The van der Waals surface area contributed by atoms with E-state index in [1.807, 2.05) is 19.1 Å². The second-order valence-corrected chi connectivity index (χ2v) is 4.65. The maximum atomic E-state index is 11.0. The van der Waals surface area contributed by atoms with Gasteiger partial charge in [-0.2, -0.15) is 12.6 Å². The summed E-state index contributed by atoms with van der Waals surface area (Å²) in [4.78, 5) is 12.0. The number of carbonyl (C=O) groups is 1. The number of thiol groups is 1. The van der Waals surface area contributed by atoms with Crippen molar-refractivity contribution in [1.29, 1.82) is 0 Å². The Balaban J connectivity index is 2.58. The van der Waals surface area contributed by atoms with E-state index in [2.05, 4.69) is 17.9 Å². The lowest BCUT2D eigenvalue weighted by atomic mass is 10.3. The van der Waals surface area contributed by atoms with E-state index in [1.54, 1.807) is 0 Å². The van der Waals surface area contributed by atoms with Gasteiger partial charge in [0.1, 0.15) is 0 Å². The highest BCUT2D eigenvalue weighted by Crippen LogP contribution is 2.26.